The maximum atomic E-state index is 10.7. The van der Waals surface area contributed by atoms with Gasteiger partial charge in [0, 0.05) is 11.9 Å². The number of carbonyl (C=O) groups is 1. The molecule has 0 radical (unpaired) electrons. The Kier molecular flexibility index (Phi) is 3.80. The first-order valence-electron chi connectivity index (χ1n) is 4.89. The molecule has 0 saturated heterocycles. The highest BCUT2D eigenvalue weighted by molar-refractivity contribution is 5.78. The Hall–Kier alpha value is -1.42. The third-order valence-corrected chi connectivity index (χ3v) is 2.33. The number of rotatable bonds is 4. The van der Waals surface area contributed by atoms with Crippen molar-refractivity contribution >= 4 is 5.91 Å². The summed E-state index contributed by atoms with van der Waals surface area (Å²) in [6.07, 6.45) is 1.21. The summed E-state index contributed by atoms with van der Waals surface area (Å²) >= 11 is 0. The molecule has 1 amide bonds. The molecule has 0 aliphatic heterocycles. The van der Waals surface area contributed by atoms with Crippen LogP contribution in [-0.4, -0.2) is 22.1 Å². The van der Waals surface area contributed by atoms with Crippen LogP contribution in [0.15, 0.2) is 18.3 Å². The van der Waals surface area contributed by atoms with E-state index < -0.39 is 12.0 Å². The van der Waals surface area contributed by atoms with Gasteiger partial charge in [-0.15, -0.1) is 0 Å². The van der Waals surface area contributed by atoms with Gasteiger partial charge in [0.1, 0.15) is 6.10 Å². The number of aryl methyl sites for hydroxylation is 1. The summed E-state index contributed by atoms with van der Waals surface area (Å²) in [6, 6.07) is 3.84. The van der Waals surface area contributed by atoms with Crippen molar-refractivity contribution in [2.24, 2.45) is 11.7 Å². The van der Waals surface area contributed by atoms with Gasteiger partial charge in [-0.05, 0) is 30.9 Å². The zero-order chi connectivity index (χ0) is 11.4. The number of hydrogen-bond donors (Lipinski definition) is 2. The Labute approximate surface area is 89.1 Å². The van der Waals surface area contributed by atoms with E-state index in [2.05, 4.69) is 4.98 Å². The number of aliphatic hydroxyl groups excluding tert-OH is 1. The molecule has 1 aromatic heterocycles. The number of aromatic nitrogens is 1. The molecule has 0 aliphatic rings. The first-order chi connectivity index (χ1) is 7.00. The van der Waals surface area contributed by atoms with Gasteiger partial charge in [0.25, 0.3) is 0 Å². The average molecular weight is 208 g/mol. The lowest BCUT2D eigenvalue weighted by Crippen LogP contribution is -2.34. The molecule has 0 aliphatic carbocycles. The zero-order valence-corrected chi connectivity index (χ0v) is 8.97. The van der Waals surface area contributed by atoms with Crippen molar-refractivity contribution in [3.63, 3.8) is 0 Å². The van der Waals surface area contributed by atoms with Crippen LogP contribution in [0.3, 0.4) is 0 Å². The van der Waals surface area contributed by atoms with Crippen LogP contribution in [0.4, 0.5) is 0 Å². The number of primary amides is 1. The number of amides is 1. The highest BCUT2D eigenvalue weighted by Gasteiger charge is 2.20. The summed E-state index contributed by atoms with van der Waals surface area (Å²) < 4.78 is 0. The number of aliphatic hydroxyl groups is 1. The SMILES string of the molecule is Cc1ccc(CC(C)C(O)C(N)=O)nc1. The molecule has 1 heterocycles. The fraction of sp³-hybridized carbons (Fsp3) is 0.455. The van der Waals surface area contributed by atoms with E-state index in [1.165, 1.54) is 0 Å². The van der Waals surface area contributed by atoms with Crippen LogP contribution in [0.1, 0.15) is 18.2 Å². The van der Waals surface area contributed by atoms with Gasteiger partial charge >= 0.3 is 0 Å². The van der Waals surface area contributed by atoms with Crippen LogP contribution in [0.2, 0.25) is 0 Å². The lowest BCUT2D eigenvalue weighted by molar-refractivity contribution is -0.128. The van der Waals surface area contributed by atoms with E-state index in [0.717, 1.165) is 11.3 Å². The van der Waals surface area contributed by atoms with E-state index in [1.54, 1.807) is 13.1 Å². The second kappa shape index (κ2) is 4.89. The summed E-state index contributed by atoms with van der Waals surface area (Å²) in [4.78, 5) is 14.9. The molecule has 4 nitrogen and oxygen atoms in total. The van der Waals surface area contributed by atoms with E-state index >= 15 is 0 Å². The third-order valence-electron chi connectivity index (χ3n) is 2.33. The second-order valence-electron chi connectivity index (χ2n) is 3.86. The molecule has 0 fully saturated rings. The second-order valence-corrected chi connectivity index (χ2v) is 3.86. The van der Waals surface area contributed by atoms with Gasteiger partial charge in [-0.1, -0.05) is 13.0 Å². The minimum atomic E-state index is -1.10. The van der Waals surface area contributed by atoms with Gasteiger partial charge in [0.05, 0.1) is 0 Å². The Bertz CT molecular complexity index is 335. The normalized spacial score (nSPS) is 14.6. The molecule has 0 bridgehead atoms. The maximum absolute atomic E-state index is 10.7. The number of pyridine rings is 1. The Morgan fingerprint density at radius 2 is 2.27 bits per heavy atom. The molecule has 15 heavy (non-hydrogen) atoms. The average Bonchev–Trinajstić information content (AvgIpc) is 2.20. The molecule has 1 aromatic rings. The van der Waals surface area contributed by atoms with E-state index in [4.69, 9.17) is 5.73 Å². The van der Waals surface area contributed by atoms with Gasteiger partial charge < -0.3 is 10.8 Å². The lowest BCUT2D eigenvalue weighted by Gasteiger charge is -2.14. The quantitative estimate of drug-likeness (QED) is 0.752. The fourth-order valence-corrected chi connectivity index (χ4v) is 1.34. The highest BCUT2D eigenvalue weighted by atomic mass is 16.3. The van der Waals surface area contributed by atoms with Gasteiger partial charge in [-0.25, -0.2) is 0 Å². The Morgan fingerprint density at radius 3 is 2.73 bits per heavy atom. The lowest BCUT2D eigenvalue weighted by atomic mass is 9.98. The van der Waals surface area contributed by atoms with Crippen LogP contribution in [-0.2, 0) is 11.2 Å². The number of hydrogen-bond acceptors (Lipinski definition) is 3. The minimum Gasteiger partial charge on any atom is -0.383 e. The molecule has 0 spiro atoms. The Morgan fingerprint density at radius 1 is 1.60 bits per heavy atom. The molecule has 4 heteroatoms. The van der Waals surface area contributed by atoms with Crippen molar-refractivity contribution in [2.75, 3.05) is 0 Å². The number of nitrogens with two attached hydrogens (primary N) is 1. The van der Waals surface area contributed by atoms with Crippen LogP contribution < -0.4 is 5.73 Å². The predicted octanol–water partition coefficient (Wildman–Crippen LogP) is 0.415. The first-order valence-corrected chi connectivity index (χ1v) is 4.89. The van der Waals surface area contributed by atoms with Crippen LogP contribution >= 0.6 is 0 Å². The van der Waals surface area contributed by atoms with Crippen molar-refractivity contribution in [3.8, 4) is 0 Å². The molecule has 0 aromatic carbocycles. The highest BCUT2D eigenvalue weighted by Crippen LogP contribution is 2.10. The van der Waals surface area contributed by atoms with Crippen molar-refractivity contribution < 1.29 is 9.90 Å². The topological polar surface area (TPSA) is 76.2 Å². The number of carbonyl (C=O) groups excluding carboxylic acids is 1. The molecule has 2 unspecified atom stereocenters. The summed E-state index contributed by atoms with van der Waals surface area (Å²) in [5, 5.41) is 9.41. The summed E-state index contributed by atoms with van der Waals surface area (Å²) in [5.41, 5.74) is 6.95. The van der Waals surface area contributed by atoms with Gasteiger partial charge in [-0.2, -0.15) is 0 Å². The van der Waals surface area contributed by atoms with Crippen molar-refractivity contribution in [3.05, 3.63) is 29.6 Å². The zero-order valence-electron chi connectivity index (χ0n) is 8.97. The van der Waals surface area contributed by atoms with E-state index in [0.29, 0.717) is 6.42 Å². The summed E-state index contributed by atoms with van der Waals surface area (Å²) in [6.45, 7) is 3.73. The predicted molar refractivity (Wildman–Crippen MR) is 57.0 cm³/mol. The van der Waals surface area contributed by atoms with Crippen LogP contribution in [0.5, 0.6) is 0 Å². The first kappa shape index (κ1) is 11.7. The smallest absolute Gasteiger partial charge is 0.246 e. The fourth-order valence-electron chi connectivity index (χ4n) is 1.34. The molecule has 82 valence electrons. The van der Waals surface area contributed by atoms with Gasteiger partial charge in [-0.3, -0.25) is 9.78 Å². The maximum Gasteiger partial charge on any atom is 0.246 e. The molecular weight excluding hydrogens is 192 g/mol. The number of nitrogens with zero attached hydrogens (tertiary/aromatic N) is 1. The largest absolute Gasteiger partial charge is 0.383 e. The van der Waals surface area contributed by atoms with Crippen LogP contribution in [0.25, 0.3) is 0 Å². The standard InChI is InChI=1S/C11H16N2O2/c1-7-3-4-9(13-6-7)5-8(2)10(14)11(12)15/h3-4,6,8,10,14H,5H2,1-2H3,(H2,12,15). The molecule has 1 rings (SSSR count). The Balaban J connectivity index is 2.62. The summed E-state index contributed by atoms with van der Waals surface area (Å²) in [7, 11) is 0. The van der Waals surface area contributed by atoms with Crippen LogP contribution in [0, 0.1) is 12.8 Å². The van der Waals surface area contributed by atoms with Crippen molar-refractivity contribution in [1.82, 2.24) is 4.98 Å². The molecular formula is C11H16N2O2. The third kappa shape index (κ3) is 3.32. The molecule has 3 N–H and O–H groups in total. The monoisotopic (exact) mass is 208 g/mol. The van der Waals surface area contributed by atoms with E-state index in [-0.39, 0.29) is 5.92 Å². The van der Waals surface area contributed by atoms with E-state index in [9.17, 15) is 9.90 Å². The molecule has 0 saturated carbocycles. The van der Waals surface area contributed by atoms with Crippen molar-refractivity contribution in [2.45, 2.75) is 26.4 Å². The summed E-state index contributed by atoms with van der Waals surface area (Å²) in [5.74, 6) is -0.896. The molecule has 2 atom stereocenters. The van der Waals surface area contributed by atoms with Gasteiger partial charge in [0.15, 0.2) is 0 Å². The van der Waals surface area contributed by atoms with E-state index in [1.807, 2.05) is 19.1 Å². The van der Waals surface area contributed by atoms with Gasteiger partial charge in [0.2, 0.25) is 5.91 Å². The van der Waals surface area contributed by atoms with Crippen molar-refractivity contribution in [1.29, 1.82) is 0 Å². The minimum absolute atomic E-state index is 0.210.